The van der Waals surface area contributed by atoms with Crippen molar-refractivity contribution in [3.63, 3.8) is 0 Å². The number of quaternary nitrogens is 1. The predicted octanol–water partition coefficient (Wildman–Crippen LogP) is -3.29. The number of anilines is 1. The molecule has 5 rings (SSSR count). The molecule has 4 aliphatic rings. The van der Waals surface area contributed by atoms with Gasteiger partial charge in [-0.05, 0) is 12.2 Å². The van der Waals surface area contributed by atoms with Gasteiger partial charge in [0, 0.05) is 30.5 Å². The Balaban J connectivity index is 1.32. The summed E-state index contributed by atoms with van der Waals surface area (Å²) >= 11 is 2.36. The van der Waals surface area contributed by atoms with E-state index in [-0.39, 0.29) is 27.3 Å². The van der Waals surface area contributed by atoms with E-state index in [2.05, 4.69) is 20.8 Å². The molecule has 4 atom stereocenters. The number of amides is 3. The summed E-state index contributed by atoms with van der Waals surface area (Å²) in [5, 5.41) is 20.7. The average molecular weight is 546 g/mol. The van der Waals surface area contributed by atoms with Crippen LogP contribution in [-0.2, 0) is 24.0 Å². The van der Waals surface area contributed by atoms with Crippen LogP contribution in [0.4, 0.5) is 5.13 Å². The molecule has 15 heteroatoms. The number of aliphatic carboxylic acids is 1. The molecule has 4 unspecified atom stereocenters. The molecule has 2 saturated heterocycles. The largest absolute Gasteiger partial charge is 0.543 e. The van der Waals surface area contributed by atoms with Gasteiger partial charge in [0.1, 0.15) is 24.5 Å². The van der Waals surface area contributed by atoms with Crippen LogP contribution in [0.1, 0.15) is 11.3 Å². The molecule has 13 nitrogen and oxygen atoms in total. The van der Waals surface area contributed by atoms with Crippen LogP contribution in [0.2, 0.25) is 0 Å². The van der Waals surface area contributed by atoms with Crippen molar-refractivity contribution < 1.29 is 34.0 Å². The fourth-order valence-corrected chi connectivity index (χ4v) is 6.37. The number of allylic oxidation sites excluding steroid dienone is 2. The van der Waals surface area contributed by atoms with Crippen molar-refractivity contribution in [1.82, 2.24) is 20.5 Å². The number of carboxylic acids is 1. The van der Waals surface area contributed by atoms with Crippen molar-refractivity contribution in [1.29, 1.82) is 0 Å². The second-order valence-electron chi connectivity index (χ2n) is 8.60. The van der Waals surface area contributed by atoms with Gasteiger partial charge in [-0.3, -0.25) is 19.3 Å². The summed E-state index contributed by atoms with van der Waals surface area (Å²) in [6.07, 6.45) is 8.61. The number of hydrogen-bond donors (Lipinski definition) is 4. The number of rotatable bonds is 8. The highest BCUT2D eigenvalue weighted by molar-refractivity contribution is 8.00. The molecule has 3 amide bonds. The predicted molar refractivity (Wildman–Crippen MR) is 132 cm³/mol. The minimum absolute atomic E-state index is 0.144. The van der Waals surface area contributed by atoms with Gasteiger partial charge in [-0.25, -0.2) is 4.98 Å². The lowest BCUT2D eigenvalue weighted by atomic mass is 10.0. The molecule has 5 N–H and O–H groups in total. The molecule has 0 spiro atoms. The van der Waals surface area contributed by atoms with Crippen LogP contribution in [0.25, 0.3) is 0 Å². The Morgan fingerprint density at radius 3 is 2.86 bits per heavy atom. The van der Waals surface area contributed by atoms with Gasteiger partial charge in [0.05, 0.1) is 22.7 Å². The molecule has 4 aliphatic heterocycles. The first kappa shape index (κ1) is 25.0. The molecule has 5 heterocycles. The number of carbonyl (C=O) groups excluding carboxylic acids is 4. The number of nitrogens with zero attached hydrogens (tertiary/aromatic N) is 3. The van der Waals surface area contributed by atoms with Gasteiger partial charge in [0.2, 0.25) is 6.10 Å². The molecular formula is C22H23N7O6S2. The number of aromatic nitrogens is 1. The number of oxime groups is 1. The SMILES string of the molecule is Nc1ncc(C(=NOC2CCNC2=O)C(=O)NC2C(=O)N3C(C(=O)[O-])=C(C[NH+]4C=CC=CC4)CSC23)s1. The Bertz CT molecular complexity index is 1270. The van der Waals surface area contributed by atoms with E-state index in [4.69, 9.17) is 10.6 Å². The van der Waals surface area contributed by atoms with E-state index < -0.39 is 35.3 Å². The second kappa shape index (κ2) is 10.4. The fraction of sp³-hybridized carbons (Fsp3) is 0.364. The highest BCUT2D eigenvalue weighted by Gasteiger charge is 2.53. The normalized spacial score (nSPS) is 27.0. The standard InChI is InChI=1S/C22H23N7O6S2/c23-22-25-8-13(37-22)14(27-35-12-4-5-24-17(12)30)18(31)26-15-19(32)29-16(21(33)34)11(10-36-20(15)29)9-28-6-2-1-3-7-28/h1-3,6,8,12,15,20H,4-5,7,9-10H2,(H2,23,25)(H,24,30)(H,26,31)(H,33,34). The van der Waals surface area contributed by atoms with Gasteiger partial charge in [-0.15, -0.1) is 11.8 Å². The van der Waals surface area contributed by atoms with Crippen LogP contribution >= 0.6 is 23.1 Å². The first-order valence-corrected chi connectivity index (χ1v) is 13.3. The topological polar surface area (TPSA) is 184 Å². The zero-order valence-electron chi connectivity index (χ0n) is 19.3. The number of β-lactam (4-membered cyclic amide) rings is 1. The monoisotopic (exact) mass is 545 g/mol. The highest BCUT2D eigenvalue weighted by Crippen LogP contribution is 2.39. The molecule has 2 fully saturated rings. The summed E-state index contributed by atoms with van der Waals surface area (Å²) in [6, 6.07) is -0.983. The first-order chi connectivity index (χ1) is 17.8. The minimum Gasteiger partial charge on any atom is -0.543 e. The van der Waals surface area contributed by atoms with E-state index in [1.807, 2.05) is 24.4 Å². The Kier molecular flexibility index (Phi) is 6.99. The van der Waals surface area contributed by atoms with Crippen molar-refractivity contribution in [3.05, 3.63) is 46.8 Å². The lowest BCUT2D eigenvalue weighted by molar-refractivity contribution is -0.835. The third kappa shape index (κ3) is 4.97. The number of carboxylic acid groups (broad SMARTS) is 1. The zero-order chi connectivity index (χ0) is 26.1. The average Bonchev–Trinajstić information content (AvgIpc) is 3.50. The lowest BCUT2D eigenvalue weighted by Crippen LogP contribution is -3.08. The van der Waals surface area contributed by atoms with Crippen molar-refractivity contribution in [3.8, 4) is 0 Å². The number of hydrogen-bond acceptors (Lipinski definition) is 11. The first-order valence-electron chi connectivity index (χ1n) is 11.4. The number of nitrogens with one attached hydrogen (secondary N) is 3. The number of nitrogens with two attached hydrogens (primary N) is 1. The third-order valence-corrected chi connectivity index (χ3v) is 8.34. The maximum atomic E-state index is 13.2. The Morgan fingerprint density at radius 2 is 2.22 bits per heavy atom. The smallest absolute Gasteiger partial charge is 0.275 e. The minimum atomic E-state index is -1.43. The van der Waals surface area contributed by atoms with Crippen molar-refractivity contribution in [2.45, 2.75) is 23.9 Å². The maximum Gasteiger partial charge on any atom is 0.275 e. The maximum absolute atomic E-state index is 13.2. The van der Waals surface area contributed by atoms with Crippen molar-refractivity contribution in [2.75, 3.05) is 31.1 Å². The van der Waals surface area contributed by atoms with E-state index >= 15 is 0 Å². The van der Waals surface area contributed by atoms with Crippen molar-refractivity contribution in [2.24, 2.45) is 5.16 Å². The van der Waals surface area contributed by atoms with Gasteiger partial charge in [-0.2, -0.15) is 0 Å². The van der Waals surface area contributed by atoms with E-state index in [1.165, 1.54) is 22.9 Å². The molecule has 0 aliphatic carbocycles. The highest BCUT2D eigenvalue weighted by atomic mass is 32.2. The summed E-state index contributed by atoms with van der Waals surface area (Å²) in [5.41, 5.74) is 5.97. The molecule has 0 bridgehead atoms. The van der Waals surface area contributed by atoms with Crippen LogP contribution in [0.5, 0.6) is 0 Å². The Hall–Kier alpha value is -3.69. The molecule has 1 aromatic heterocycles. The Morgan fingerprint density at radius 1 is 1.38 bits per heavy atom. The van der Waals surface area contributed by atoms with Crippen molar-refractivity contribution >= 4 is 57.6 Å². The summed E-state index contributed by atoms with van der Waals surface area (Å²) < 4.78 is 0. The number of fused-ring (bicyclic) bond motifs is 1. The van der Waals surface area contributed by atoms with Gasteiger partial charge in [-0.1, -0.05) is 22.6 Å². The van der Waals surface area contributed by atoms with E-state index in [1.54, 1.807) is 0 Å². The van der Waals surface area contributed by atoms with Gasteiger partial charge in [0.25, 0.3) is 17.7 Å². The van der Waals surface area contributed by atoms with Crippen LogP contribution in [0.15, 0.2) is 47.1 Å². The summed E-state index contributed by atoms with van der Waals surface area (Å²) in [7, 11) is 0. The number of thiazole rings is 1. The van der Waals surface area contributed by atoms with Crippen LogP contribution in [-0.4, -0.2) is 82.2 Å². The van der Waals surface area contributed by atoms with Crippen LogP contribution in [0, 0.1) is 0 Å². The summed E-state index contributed by atoms with van der Waals surface area (Å²) in [4.78, 5) is 61.8. The summed E-state index contributed by atoms with van der Waals surface area (Å²) in [5.74, 6) is -2.70. The molecule has 194 valence electrons. The zero-order valence-corrected chi connectivity index (χ0v) is 21.0. The van der Waals surface area contributed by atoms with Gasteiger partial charge in [0.15, 0.2) is 10.8 Å². The van der Waals surface area contributed by atoms with Gasteiger partial charge >= 0.3 is 0 Å². The molecule has 0 radical (unpaired) electrons. The Labute approximate surface area is 219 Å². The van der Waals surface area contributed by atoms with Crippen LogP contribution < -0.4 is 26.4 Å². The summed E-state index contributed by atoms with van der Waals surface area (Å²) in [6.45, 7) is 1.55. The van der Waals surface area contributed by atoms with E-state index in [9.17, 15) is 24.3 Å². The molecule has 0 saturated carbocycles. The van der Waals surface area contributed by atoms with Gasteiger partial charge < -0.3 is 36.0 Å². The molecule has 37 heavy (non-hydrogen) atoms. The fourth-order valence-electron chi connectivity index (χ4n) is 4.36. The quantitative estimate of drug-likeness (QED) is 0.148. The number of carbonyl (C=O) groups is 4. The molecule has 0 aromatic carbocycles. The van der Waals surface area contributed by atoms with E-state index in [0.29, 0.717) is 37.4 Å². The third-order valence-electron chi connectivity index (χ3n) is 6.17. The lowest BCUT2D eigenvalue weighted by Gasteiger charge is -2.50. The molecule has 1 aromatic rings. The van der Waals surface area contributed by atoms with Crippen LogP contribution in [0.3, 0.4) is 0 Å². The van der Waals surface area contributed by atoms with E-state index in [0.717, 1.165) is 16.2 Å². The second-order valence-corrected chi connectivity index (χ2v) is 10.8. The number of thioether (sulfide) groups is 1. The number of nitrogen functional groups attached to an aromatic ring is 1. The molecular weight excluding hydrogens is 522 g/mol.